The average Bonchev–Trinajstić information content (AvgIpc) is 3.58. The molecule has 3 rings (SSSR count). The lowest BCUT2D eigenvalue weighted by atomic mass is 10.1. The lowest BCUT2D eigenvalue weighted by Gasteiger charge is -2.14. The van der Waals surface area contributed by atoms with Crippen LogP contribution in [0.4, 0.5) is 5.69 Å². The molecule has 1 saturated carbocycles. The van der Waals surface area contributed by atoms with Gasteiger partial charge in [0, 0.05) is 30.3 Å². The number of anilines is 1. The van der Waals surface area contributed by atoms with Gasteiger partial charge >= 0.3 is 0 Å². The maximum atomic E-state index is 12.2. The zero-order valence-corrected chi connectivity index (χ0v) is 16.6. The first kappa shape index (κ1) is 20.3. The van der Waals surface area contributed by atoms with Crippen LogP contribution in [0.5, 0.6) is 0 Å². The fraction of sp³-hybridized carbons (Fsp3) is 0.261. The third-order valence-corrected chi connectivity index (χ3v) is 4.81. The van der Waals surface area contributed by atoms with E-state index in [2.05, 4.69) is 16.0 Å². The summed E-state index contributed by atoms with van der Waals surface area (Å²) in [6.07, 6.45) is 5.11. The normalized spacial score (nSPS) is 14.3. The number of hydrogen-bond acceptors (Lipinski definition) is 3. The standard InChI is InChI=1S/C23H25N3O3/c1-15(17-10-12-20(13-11-17)26-23(29)19-8-9-19)25-21(27)14-5-16-3-6-18(7-4-16)22(28)24-2/h3-7,10-15,19H,8-9H2,1-2H3,(H,24,28)(H,25,27)(H,26,29)/b14-5+. The molecule has 150 valence electrons. The highest BCUT2D eigenvalue weighted by molar-refractivity contribution is 5.95. The van der Waals surface area contributed by atoms with Gasteiger partial charge in [-0.25, -0.2) is 0 Å². The van der Waals surface area contributed by atoms with E-state index < -0.39 is 0 Å². The Morgan fingerprint density at radius 3 is 2.24 bits per heavy atom. The van der Waals surface area contributed by atoms with Crippen LogP contribution in [0.1, 0.15) is 47.3 Å². The van der Waals surface area contributed by atoms with Gasteiger partial charge in [0.05, 0.1) is 6.04 Å². The van der Waals surface area contributed by atoms with Crippen LogP contribution in [0.15, 0.2) is 54.6 Å². The number of carbonyl (C=O) groups is 3. The molecule has 1 unspecified atom stereocenters. The van der Waals surface area contributed by atoms with E-state index in [1.165, 1.54) is 6.08 Å². The summed E-state index contributed by atoms with van der Waals surface area (Å²) in [5, 5.41) is 8.38. The van der Waals surface area contributed by atoms with Crippen molar-refractivity contribution in [2.75, 3.05) is 12.4 Å². The zero-order valence-electron chi connectivity index (χ0n) is 16.6. The Hall–Kier alpha value is -3.41. The molecule has 0 spiro atoms. The SMILES string of the molecule is CNC(=O)c1ccc(/C=C/C(=O)NC(C)c2ccc(NC(=O)C3CC3)cc2)cc1. The number of benzene rings is 2. The number of nitrogens with one attached hydrogen (secondary N) is 3. The largest absolute Gasteiger partial charge is 0.355 e. The van der Waals surface area contributed by atoms with Crippen molar-refractivity contribution in [3.63, 3.8) is 0 Å². The summed E-state index contributed by atoms with van der Waals surface area (Å²) in [7, 11) is 1.58. The maximum absolute atomic E-state index is 12.2. The monoisotopic (exact) mass is 391 g/mol. The van der Waals surface area contributed by atoms with E-state index in [-0.39, 0.29) is 29.7 Å². The van der Waals surface area contributed by atoms with E-state index >= 15 is 0 Å². The van der Waals surface area contributed by atoms with Crippen LogP contribution in [0, 0.1) is 5.92 Å². The lowest BCUT2D eigenvalue weighted by molar-refractivity contribution is -0.118. The minimum Gasteiger partial charge on any atom is -0.355 e. The third-order valence-electron chi connectivity index (χ3n) is 4.81. The second-order valence-corrected chi connectivity index (χ2v) is 7.15. The topological polar surface area (TPSA) is 87.3 Å². The molecule has 29 heavy (non-hydrogen) atoms. The van der Waals surface area contributed by atoms with Gasteiger partial charge in [0.15, 0.2) is 0 Å². The van der Waals surface area contributed by atoms with Crippen molar-refractivity contribution in [3.05, 3.63) is 71.3 Å². The molecule has 1 aliphatic carbocycles. The molecule has 3 N–H and O–H groups in total. The summed E-state index contributed by atoms with van der Waals surface area (Å²) in [5.41, 5.74) is 3.12. The van der Waals surface area contributed by atoms with Gasteiger partial charge in [0.1, 0.15) is 0 Å². The van der Waals surface area contributed by atoms with E-state index in [4.69, 9.17) is 0 Å². The molecule has 1 fully saturated rings. The molecule has 6 nitrogen and oxygen atoms in total. The first-order valence-corrected chi connectivity index (χ1v) is 9.68. The number of carbonyl (C=O) groups excluding carboxylic acids is 3. The van der Waals surface area contributed by atoms with Crippen molar-refractivity contribution in [3.8, 4) is 0 Å². The Kier molecular flexibility index (Phi) is 6.44. The summed E-state index contributed by atoms with van der Waals surface area (Å²) in [4.78, 5) is 35.5. The third kappa shape index (κ3) is 5.78. The van der Waals surface area contributed by atoms with Gasteiger partial charge in [-0.2, -0.15) is 0 Å². The molecule has 2 aromatic carbocycles. The van der Waals surface area contributed by atoms with Crippen LogP contribution in [0.25, 0.3) is 6.08 Å². The second kappa shape index (κ2) is 9.19. The molecule has 0 aliphatic heterocycles. The molecule has 6 heteroatoms. The molecule has 0 aromatic heterocycles. The fourth-order valence-electron chi connectivity index (χ4n) is 2.85. The highest BCUT2D eigenvalue weighted by Gasteiger charge is 2.29. The average molecular weight is 391 g/mol. The molecule has 0 radical (unpaired) electrons. The van der Waals surface area contributed by atoms with E-state index in [1.54, 1.807) is 37.4 Å². The molecular formula is C23H25N3O3. The van der Waals surface area contributed by atoms with Crippen LogP contribution in [0.3, 0.4) is 0 Å². The summed E-state index contributed by atoms with van der Waals surface area (Å²) in [5.74, 6) is -0.114. The minimum atomic E-state index is -0.209. The Morgan fingerprint density at radius 2 is 1.66 bits per heavy atom. The van der Waals surface area contributed by atoms with Gasteiger partial charge in [-0.1, -0.05) is 24.3 Å². The number of hydrogen-bond donors (Lipinski definition) is 3. The summed E-state index contributed by atoms with van der Waals surface area (Å²) in [6.45, 7) is 1.90. The maximum Gasteiger partial charge on any atom is 0.251 e. The first-order valence-electron chi connectivity index (χ1n) is 9.68. The van der Waals surface area contributed by atoms with Gasteiger partial charge in [-0.3, -0.25) is 14.4 Å². The van der Waals surface area contributed by atoms with Crippen molar-refractivity contribution in [2.24, 2.45) is 5.92 Å². The second-order valence-electron chi connectivity index (χ2n) is 7.15. The fourth-order valence-corrected chi connectivity index (χ4v) is 2.85. The minimum absolute atomic E-state index is 0.0765. The molecule has 1 atom stereocenters. The highest BCUT2D eigenvalue weighted by Crippen LogP contribution is 2.30. The summed E-state index contributed by atoms with van der Waals surface area (Å²) < 4.78 is 0. The van der Waals surface area contributed by atoms with Gasteiger partial charge in [0.25, 0.3) is 5.91 Å². The molecular weight excluding hydrogens is 366 g/mol. The first-order chi connectivity index (χ1) is 14.0. The Bertz CT molecular complexity index is 913. The molecule has 3 amide bonds. The molecule has 2 aromatic rings. The number of rotatable bonds is 7. The Morgan fingerprint density at radius 1 is 1.00 bits per heavy atom. The van der Waals surface area contributed by atoms with Gasteiger partial charge in [0.2, 0.25) is 11.8 Å². The predicted octanol–water partition coefficient (Wildman–Crippen LogP) is 3.29. The quantitative estimate of drug-likeness (QED) is 0.633. The molecule has 0 heterocycles. The van der Waals surface area contributed by atoms with Crippen molar-refractivity contribution in [2.45, 2.75) is 25.8 Å². The highest BCUT2D eigenvalue weighted by atomic mass is 16.2. The van der Waals surface area contributed by atoms with E-state index in [0.29, 0.717) is 5.56 Å². The van der Waals surface area contributed by atoms with E-state index in [9.17, 15) is 14.4 Å². The zero-order chi connectivity index (χ0) is 20.8. The van der Waals surface area contributed by atoms with Crippen LogP contribution >= 0.6 is 0 Å². The predicted molar refractivity (Wildman–Crippen MR) is 113 cm³/mol. The van der Waals surface area contributed by atoms with Gasteiger partial charge < -0.3 is 16.0 Å². The Labute approximate surface area is 170 Å². The molecule has 1 aliphatic rings. The molecule has 0 bridgehead atoms. The van der Waals surface area contributed by atoms with Gasteiger partial charge in [-0.15, -0.1) is 0 Å². The van der Waals surface area contributed by atoms with Crippen LogP contribution in [-0.4, -0.2) is 24.8 Å². The van der Waals surface area contributed by atoms with Gasteiger partial charge in [-0.05, 0) is 61.2 Å². The van der Waals surface area contributed by atoms with Crippen molar-refractivity contribution >= 4 is 29.5 Å². The van der Waals surface area contributed by atoms with Crippen molar-refractivity contribution < 1.29 is 14.4 Å². The lowest BCUT2D eigenvalue weighted by Crippen LogP contribution is -2.24. The molecule has 0 saturated heterocycles. The van der Waals surface area contributed by atoms with Crippen molar-refractivity contribution in [1.29, 1.82) is 0 Å². The smallest absolute Gasteiger partial charge is 0.251 e. The van der Waals surface area contributed by atoms with E-state index in [1.807, 2.05) is 31.2 Å². The van der Waals surface area contributed by atoms with Crippen LogP contribution in [-0.2, 0) is 9.59 Å². The van der Waals surface area contributed by atoms with Crippen LogP contribution < -0.4 is 16.0 Å². The van der Waals surface area contributed by atoms with E-state index in [0.717, 1.165) is 29.7 Å². The van der Waals surface area contributed by atoms with Crippen LogP contribution in [0.2, 0.25) is 0 Å². The number of amides is 3. The Balaban J connectivity index is 1.52. The van der Waals surface area contributed by atoms with Crippen molar-refractivity contribution in [1.82, 2.24) is 10.6 Å². The summed E-state index contributed by atoms with van der Waals surface area (Å²) >= 11 is 0. The summed E-state index contributed by atoms with van der Waals surface area (Å²) in [6, 6.07) is 14.3.